The molecule has 2 heterocycles. The molecule has 17 heteroatoms. The van der Waals surface area contributed by atoms with E-state index in [4.69, 9.17) is 38.2 Å². The summed E-state index contributed by atoms with van der Waals surface area (Å²) in [5, 5.41) is 12.8. The van der Waals surface area contributed by atoms with Crippen molar-refractivity contribution in [1.82, 2.24) is 24.9 Å². The average Bonchev–Trinajstić information content (AvgIpc) is 3.48. The number of hydrogen-bond donors (Lipinski definition) is 4. The Morgan fingerprint density at radius 1 is 0.940 bits per heavy atom. The van der Waals surface area contributed by atoms with Gasteiger partial charge in [-0.25, -0.2) is 19.0 Å². The molecule has 0 saturated carbocycles. The van der Waals surface area contributed by atoms with Crippen LogP contribution < -0.4 is 26.0 Å². The molecule has 5 N–H and O–H groups in total. The number of piperidine rings is 1. The molecule has 3 aromatic rings. The summed E-state index contributed by atoms with van der Waals surface area (Å²) in [7, 11) is -3.84. The molecule has 50 heavy (non-hydrogen) atoms. The molecule has 1 unspecified atom stereocenters. The van der Waals surface area contributed by atoms with Crippen molar-refractivity contribution >= 4 is 60.3 Å². The monoisotopic (exact) mass is 749 g/mol. The number of benzene rings is 2. The van der Waals surface area contributed by atoms with E-state index >= 15 is 0 Å². The van der Waals surface area contributed by atoms with Gasteiger partial charge in [-0.2, -0.15) is 5.10 Å². The number of amides is 2. The smallest absolute Gasteiger partial charge is 0.393 e. The Hall–Kier alpha value is -3.78. The lowest BCUT2D eigenvalue weighted by Gasteiger charge is -2.37. The first kappa shape index (κ1) is 39.0. The number of nitrogens with zero attached hydrogens (tertiary/aromatic N) is 3. The average molecular weight is 751 g/mol. The summed E-state index contributed by atoms with van der Waals surface area (Å²) in [4.78, 5) is 52.6. The van der Waals surface area contributed by atoms with Crippen LogP contribution in [0, 0.1) is 5.92 Å². The molecular formula is C33H42Cl2N7O7P. The Labute approximate surface area is 300 Å². The molecule has 2 amide bonds. The molecule has 2 aromatic carbocycles. The van der Waals surface area contributed by atoms with Gasteiger partial charge in [-0.3, -0.25) is 19.2 Å². The summed E-state index contributed by atoms with van der Waals surface area (Å²) in [6.07, 6.45) is 1.54. The third kappa shape index (κ3) is 9.71. The van der Waals surface area contributed by atoms with Gasteiger partial charge < -0.3 is 25.6 Å². The van der Waals surface area contributed by atoms with E-state index in [1.54, 1.807) is 75.7 Å². The number of hydrogen-bond acceptors (Lipinski definition) is 9. The largest absolute Gasteiger partial charge is 0.462 e. The fraction of sp³-hybridized carbons (Fsp3) is 0.424. The number of aromatic nitrogens is 2. The summed E-state index contributed by atoms with van der Waals surface area (Å²) in [6.45, 7) is 8.97. The van der Waals surface area contributed by atoms with Crippen LogP contribution in [0.5, 0.6) is 5.75 Å². The van der Waals surface area contributed by atoms with Gasteiger partial charge in [0.2, 0.25) is 0 Å². The number of carbonyl (C=O) groups excluding carboxylic acids is 4. The van der Waals surface area contributed by atoms with E-state index in [1.807, 2.05) is 0 Å². The second kappa shape index (κ2) is 17.0. The topological polar surface area (TPSA) is 187 Å². The predicted molar refractivity (Wildman–Crippen MR) is 191 cm³/mol. The molecule has 0 aliphatic carbocycles. The number of halogens is 2. The number of nitrogens with two attached hydrogens (primary N) is 1. The van der Waals surface area contributed by atoms with Crippen LogP contribution in [-0.4, -0.2) is 75.5 Å². The molecule has 0 bridgehead atoms. The van der Waals surface area contributed by atoms with Gasteiger partial charge in [0.05, 0.1) is 39.6 Å². The van der Waals surface area contributed by atoms with E-state index in [-0.39, 0.29) is 52.1 Å². The summed E-state index contributed by atoms with van der Waals surface area (Å²) >= 11 is 12.5. The molecule has 1 fully saturated rings. The zero-order valence-corrected chi connectivity index (χ0v) is 30.8. The lowest BCUT2D eigenvalue weighted by Crippen LogP contribution is -2.47. The maximum absolute atomic E-state index is 14.4. The Morgan fingerprint density at radius 2 is 1.56 bits per heavy atom. The van der Waals surface area contributed by atoms with Crippen LogP contribution in [0.4, 0.5) is 5.69 Å². The van der Waals surface area contributed by atoms with Gasteiger partial charge in [0, 0.05) is 19.1 Å². The minimum atomic E-state index is -3.84. The standard InChI is InChI=1S/C33H42Cl2N7O7P/c1-19(2)28(36)32(45)42-18-26(38-30(43)27-24(34)12-9-13-25(27)35)29(39-42)31(44)37-22-14-16-41(17-15-22)50(47,49-23-10-7-6-8-11-23)40-21(5)33(46)48-20(3)4/h6-13,18-22,28H,14-17,36H2,1-5H3,(H,37,44)(H,38,43)(H,40,47)/t21-,28-,50?/m0/s1. The Bertz CT molecular complexity index is 1730. The second-order valence-corrected chi connectivity index (χ2v) is 15.3. The molecule has 0 spiro atoms. The molecule has 270 valence electrons. The van der Waals surface area contributed by atoms with Gasteiger partial charge in [0.1, 0.15) is 11.8 Å². The molecule has 3 atom stereocenters. The highest BCUT2D eigenvalue weighted by molar-refractivity contribution is 7.54. The number of para-hydroxylation sites is 1. The zero-order valence-electron chi connectivity index (χ0n) is 28.4. The van der Waals surface area contributed by atoms with Crippen molar-refractivity contribution in [2.24, 2.45) is 11.7 Å². The van der Waals surface area contributed by atoms with Crippen LogP contribution >= 0.6 is 30.9 Å². The third-order valence-electron chi connectivity index (χ3n) is 7.81. The van der Waals surface area contributed by atoms with Crippen molar-refractivity contribution in [3.05, 3.63) is 76.0 Å². The Balaban J connectivity index is 1.52. The number of esters is 1. The lowest BCUT2D eigenvalue weighted by atomic mass is 10.1. The SMILES string of the molecule is CC(C)OC(=O)[C@H](C)NP(=O)(Oc1ccccc1)N1CCC(NC(=O)c2nn(C(=O)[C@@H](N)C(C)C)cc2NC(=O)c2c(Cl)cccc2Cl)CC1. The lowest BCUT2D eigenvalue weighted by molar-refractivity contribution is -0.149. The van der Waals surface area contributed by atoms with E-state index in [0.29, 0.717) is 18.6 Å². The zero-order chi connectivity index (χ0) is 36.7. The molecule has 14 nitrogen and oxygen atoms in total. The quantitative estimate of drug-likeness (QED) is 0.130. The summed E-state index contributed by atoms with van der Waals surface area (Å²) in [5.74, 6) is -2.41. The number of anilines is 1. The summed E-state index contributed by atoms with van der Waals surface area (Å²) in [6, 6.07) is 10.9. The highest BCUT2D eigenvalue weighted by Crippen LogP contribution is 2.49. The normalized spacial score (nSPS) is 16.4. The van der Waals surface area contributed by atoms with Crippen LogP contribution in [0.3, 0.4) is 0 Å². The van der Waals surface area contributed by atoms with Crippen LogP contribution in [0.2, 0.25) is 10.0 Å². The fourth-order valence-corrected chi connectivity index (χ4v) is 7.69. The van der Waals surface area contributed by atoms with Crippen LogP contribution in [0.15, 0.2) is 54.7 Å². The van der Waals surface area contributed by atoms with Gasteiger partial charge in [0.15, 0.2) is 5.69 Å². The van der Waals surface area contributed by atoms with Gasteiger partial charge in [-0.05, 0) is 63.8 Å². The summed E-state index contributed by atoms with van der Waals surface area (Å²) in [5.41, 5.74) is 5.76. The van der Waals surface area contributed by atoms with Crippen molar-refractivity contribution in [2.75, 3.05) is 18.4 Å². The van der Waals surface area contributed by atoms with Gasteiger partial charge >= 0.3 is 13.6 Å². The van der Waals surface area contributed by atoms with Crippen LogP contribution in [0.25, 0.3) is 0 Å². The molecular weight excluding hydrogens is 708 g/mol. The number of nitrogens with one attached hydrogen (secondary N) is 3. The molecule has 1 aromatic heterocycles. The van der Waals surface area contributed by atoms with Gasteiger partial charge in [-0.1, -0.05) is 61.3 Å². The van der Waals surface area contributed by atoms with Crippen molar-refractivity contribution in [1.29, 1.82) is 0 Å². The minimum Gasteiger partial charge on any atom is -0.462 e. The van der Waals surface area contributed by atoms with Gasteiger partial charge in [0.25, 0.3) is 17.7 Å². The maximum atomic E-state index is 14.4. The van der Waals surface area contributed by atoms with E-state index in [9.17, 15) is 23.7 Å². The first-order valence-corrected chi connectivity index (χ1v) is 18.5. The third-order valence-corrected chi connectivity index (χ3v) is 10.8. The van der Waals surface area contributed by atoms with E-state index in [1.165, 1.54) is 18.3 Å². The van der Waals surface area contributed by atoms with Crippen LogP contribution in [0.1, 0.15) is 73.1 Å². The number of rotatable bonds is 13. The van der Waals surface area contributed by atoms with Crippen molar-refractivity contribution in [3.63, 3.8) is 0 Å². The highest BCUT2D eigenvalue weighted by Gasteiger charge is 2.40. The Kier molecular flexibility index (Phi) is 13.2. The molecule has 1 saturated heterocycles. The first-order valence-electron chi connectivity index (χ1n) is 16.1. The Morgan fingerprint density at radius 3 is 2.14 bits per heavy atom. The molecule has 0 radical (unpaired) electrons. The fourth-order valence-electron chi connectivity index (χ4n) is 5.03. The predicted octanol–water partition coefficient (Wildman–Crippen LogP) is 5.38. The molecule has 4 rings (SSSR count). The van der Waals surface area contributed by atoms with Crippen LogP contribution in [-0.2, 0) is 14.1 Å². The van der Waals surface area contributed by atoms with E-state index in [2.05, 4.69) is 20.8 Å². The van der Waals surface area contributed by atoms with Gasteiger partial charge in [-0.15, -0.1) is 0 Å². The molecule has 1 aliphatic rings. The summed E-state index contributed by atoms with van der Waals surface area (Å²) < 4.78 is 28.2. The van der Waals surface area contributed by atoms with E-state index in [0.717, 1.165) is 4.68 Å². The second-order valence-electron chi connectivity index (χ2n) is 12.5. The van der Waals surface area contributed by atoms with Crippen molar-refractivity contribution in [2.45, 2.75) is 71.7 Å². The van der Waals surface area contributed by atoms with Crippen molar-refractivity contribution in [3.8, 4) is 5.75 Å². The minimum absolute atomic E-state index is 0.0185. The van der Waals surface area contributed by atoms with E-state index < -0.39 is 49.5 Å². The highest BCUT2D eigenvalue weighted by atomic mass is 35.5. The number of ether oxygens (including phenoxy) is 1. The maximum Gasteiger partial charge on any atom is 0.393 e. The molecule has 1 aliphatic heterocycles. The first-order chi connectivity index (χ1) is 23.6. The van der Waals surface area contributed by atoms with Crippen molar-refractivity contribution < 1.29 is 33.0 Å². The number of carbonyl (C=O) groups is 4.